The van der Waals surface area contributed by atoms with E-state index in [1.807, 2.05) is 0 Å². The standard InChI is InChI=1S/C20H21ClN2O5S/c1-5-15(20(24)25)17-10-13-9-14(21)7-8-16(13)23(17)29(26,27)18(6-2)19-11(3)22-28-12(19)4/h6-10,15,18H,2,5H2,1,3-4H3,(H,24,25). The molecule has 154 valence electrons. The Bertz CT molecular complexity index is 1190. The van der Waals surface area contributed by atoms with E-state index in [1.165, 1.54) is 6.08 Å². The maximum absolute atomic E-state index is 13.8. The quantitative estimate of drug-likeness (QED) is 0.543. The van der Waals surface area contributed by atoms with Gasteiger partial charge in [-0.15, -0.1) is 6.58 Å². The molecule has 2 unspecified atom stereocenters. The van der Waals surface area contributed by atoms with Crippen LogP contribution in [0.1, 0.15) is 47.2 Å². The molecule has 0 spiro atoms. The van der Waals surface area contributed by atoms with Gasteiger partial charge in [0.15, 0.2) is 0 Å². The minimum absolute atomic E-state index is 0.163. The molecule has 0 aliphatic heterocycles. The van der Waals surface area contributed by atoms with Gasteiger partial charge in [-0.1, -0.05) is 29.8 Å². The smallest absolute Gasteiger partial charge is 0.312 e. The minimum atomic E-state index is -4.14. The summed E-state index contributed by atoms with van der Waals surface area (Å²) in [6, 6.07) is 6.31. The van der Waals surface area contributed by atoms with Crippen molar-refractivity contribution < 1.29 is 22.8 Å². The molecule has 2 aromatic heterocycles. The number of carbonyl (C=O) groups is 1. The number of hydrogen-bond acceptors (Lipinski definition) is 5. The van der Waals surface area contributed by atoms with Crippen LogP contribution in [-0.4, -0.2) is 28.6 Å². The van der Waals surface area contributed by atoms with Crippen molar-refractivity contribution in [3.63, 3.8) is 0 Å². The fourth-order valence-electron chi connectivity index (χ4n) is 3.62. The molecule has 3 aromatic rings. The van der Waals surface area contributed by atoms with Gasteiger partial charge in [0.1, 0.15) is 11.0 Å². The van der Waals surface area contributed by atoms with Crippen LogP contribution in [0.15, 0.2) is 41.4 Å². The Hall–Kier alpha value is -2.58. The molecule has 0 saturated heterocycles. The van der Waals surface area contributed by atoms with Crippen LogP contribution >= 0.6 is 11.6 Å². The SMILES string of the molecule is C=CC(c1c(C)noc1C)S(=O)(=O)n1c(C(CC)C(=O)O)cc2cc(Cl)ccc21. The monoisotopic (exact) mass is 436 g/mol. The van der Waals surface area contributed by atoms with Crippen molar-refractivity contribution in [2.75, 3.05) is 0 Å². The molecule has 2 heterocycles. The molecular formula is C20H21ClN2O5S. The molecule has 3 rings (SSSR count). The van der Waals surface area contributed by atoms with Crippen molar-refractivity contribution in [1.82, 2.24) is 9.13 Å². The van der Waals surface area contributed by atoms with E-state index in [1.54, 1.807) is 45.0 Å². The maximum Gasteiger partial charge on any atom is 0.312 e. The zero-order valence-electron chi connectivity index (χ0n) is 16.2. The first-order chi connectivity index (χ1) is 13.6. The van der Waals surface area contributed by atoms with Crippen LogP contribution in [0.25, 0.3) is 10.9 Å². The number of hydrogen-bond donors (Lipinski definition) is 1. The van der Waals surface area contributed by atoms with Crippen molar-refractivity contribution in [3.05, 3.63) is 64.7 Å². The van der Waals surface area contributed by atoms with Gasteiger partial charge in [-0.2, -0.15) is 0 Å². The van der Waals surface area contributed by atoms with E-state index in [2.05, 4.69) is 11.7 Å². The van der Waals surface area contributed by atoms with E-state index in [0.717, 1.165) is 3.97 Å². The molecule has 0 aliphatic rings. The third-order valence-electron chi connectivity index (χ3n) is 4.97. The minimum Gasteiger partial charge on any atom is -0.481 e. The normalized spacial score (nSPS) is 14.1. The van der Waals surface area contributed by atoms with Crippen LogP contribution in [-0.2, 0) is 14.8 Å². The zero-order chi connectivity index (χ0) is 21.5. The molecule has 1 aromatic carbocycles. The van der Waals surface area contributed by atoms with Crippen LogP contribution in [0.4, 0.5) is 0 Å². The molecule has 9 heteroatoms. The molecule has 0 bridgehead atoms. The Morgan fingerprint density at radius 2 is 2.07 bits per heavy atom. The van der Waals surface area contributed by atoms with Crippen molar-refractivity contribution in [3.8, 4) is 0 Å². The molecule has 7 nitrogen and oxygen atoms in total. The van der Waals surface area contributed by atoms with Gasteiger partial charge >= 0.3 is 5.97 Å². The van der Waals surface area contributed by atoms with Gasteiger partial charge in [0, 0.05) is 21.7 Å². The summed E-state index contributed by atoms with van der Waals surface area (Å²) in [6.07, 6.45) is 1.52. The molecule has 0 saturated carbocycles. The molecule has 2 atom stereocenters. The predicted molar refractivity (Wildman–Crippen MR) is 111 cm³/mol. The average molecular weight is 437 g/mol. The topological polar surface area (TPSA) is 102 Å². The number of carboxylic acids is 1. The zero-order valence-corrected chi connectivity index (χ0v) is 17.8. The summed E-state index contributed by atoms with van der Waals surface area (Å²) in [5, 5.41) is 13.3. The Labute approximate surface area is 173 Å². The first-order valence-corrected chi connectivity index (χ1v) is 10.8. The van der Waals surface area contributed by atoms with Crippen LogP contribution in [0.2, 0.25) is 5.02 Å². The van der Waals surface area contributed by atoms with Gasteiger partial charge in [-0.25, -0.2) is 12.4 Å². The van der Waals surface area contributed by atoms with Gasteiger partial charge in [0.25, 0.3) is 0 Å². The second-order valence-corrected chi connectivity index (χ2v) is 9.11. The lowest BCUT2D eigenvalue weighted by Crippen LogP contribution is -2.25. The van der Waals surface area contributed by atoms with Crippen LogP contribution in [0.3, 0.4) is 0 Å². The van der Waals surface area contributed by atoms with E-state index < -0.39 is 27.2 Å². The highest BCUT2D eigenvalue weighted by Gasteiger charge is 2.36. The highest BCUT2D eigenvalue weighted by atomic mass is 35.5. The summed E-state index contributed by atoms with van der Waals surface area (Å²) in [5.74, 6) is -1.75. The molecular weight excluding hydrogens is 416 g/mol. The average Bonchev–Trinajstić information content (AvgIpc) is 3.17. The lowest BCUT2D eigenvalue weighted by molar-refractivity contribution is -0.138. The lowest BCUT2D eigenvalue weighted by atomic mass is 10.0. The summed E-state index contributed by atoms with van der Waals surface area (Å²) in [6.45, 7) is 8.67. The number of carboxylic acid groups (broad SMARTS) is 1. The molecule has 1 N–H and O–H groups in total. The van der Waals surface area contributed by atoms with Crippen LogP contribution in [0.5, 0.6) is 0 Å². The highest BCUT2D eigenvalue weighted by Crippen LogP contribution is 2.37. The second-order valence-electron chi connectivity index (χ2n) is 6.77. The number of aliphatic carboxylic acids is 1. The maximum atomic E-state index is 13.8. The summed E-state index contributed by atoms with van der Waals surface area (Å²) in [7, 11) is -4.14. The number of benzene rings is 1. The predicted octanol–water partition coefficient (Wildman–Crippen LogP) is 4.58. The second kappa shape index (κ2) is 7.68. The Morgan fingerprint density at radius 3 is 2.59 bits per heavy atom. The van der Waals surface area contributed by atoms with Gasteiger partial charge in [-0.3, -0.25) is 4.79 Å². The third kappa shape index (κ3) is 3.47. The van der Waals surface area contributed by atoms with Gasteiger partial charge in [-0.05, 0) is 44.5 Å². The van der Waals surface area contributed by atoms with Crippen molar-refractivity contribution in [1.29, 1.82) is 0 Å². The Morgan fingerprint density at radius 1 is 1.38 bits per heavy atom. The number of rotatable bonds is 7. The van der Waals surface area contributed by atoms with E-state index in [-0.39, 0.29) is 12.1 Å². The Kier molecular flexibility index (Phi) is 5.60. The molecule has 0 amide bonds. The first-order valence-electron chi connectivity index (χ1n) is 8.96. The highest BCUT2D eigenvalue weighted by molar-refractivity contribution is 7.90. The van der Waals surface area contributed by atoms with Gasteiger partial charge in [0.05, 0.1) is 17.1 Å². The first kappa shape index (κ1) is 21.1. The van der Waals surface area contributed by atoms with E-state index >= 15 is 0 Å². The number of aromatic nitrogens is 2. The number of nitrogens with zero attached hydrogens (tertiary/aromatic N) is 2. The summed E-state index contributed by atoms with van der Waals surface area (Å²) < 4.78 is 33.8. The number of fused-ring (bicyclic) bond motifs is 1. The number of aryl methyl sites for hydroxylation is 2. The van der Waals surface area contributed by atoms with Gasteiger partial charge in [0.2, 0.25) is 10.0 Å². The van der Waals surface area contributed by atoms with Crippen molar-refractivity contribution in [2.24, 2.45) is 0 Å². The van der Waals surface area contributed by atoms with Gasteiger partial charge < -0.3 is 9.63 Å². The summed E-state index contributed by atoms with van der Waals surface area (Å²) in [4.78, 5) is 11.9. The summed E-state index contributed by atoms with van der Waals surface area (Å²) in [5.41, 5.74) is 1.34. The lowest BCUT2D eigenvalue weighted by Gasteiger charge is -2.20. The molecule has 0 radical (unpaired) electrons. The fourth-order valence-corrected chi connectivity index (χ4v) is 5.82. The van der Waals surface area contributed by atoms with Crippen LogP contribution in [0, 0.1) is 13.8 Å². The molecule has 0 aliphatic carbocycles. The van der Waals surface area contributed by atoms with E-state index in [4.69, 9.17) is 16.1 Å². The number of halogens is 1. The van der Waals surface area contributed by atoms with Crippen LogP contribution < -0.4 is 0 Å². The molecule has 0 fully saturated rings. The van der Waals surface area contributed by atoms with E-state index in [0.29, 0.717) is 32.9 Å². The van der Waals surface area contributed by atoms with E-state index in [9.17, 15) is 18.3 Å². The molecule has 29 heavy (non-hydrogen) atoms. The summed E-state index contributed by atoms with van der Waals surface area (Å²) >= 11 is 6.07. The largest absolute Gasteiger partial charge is 0.481 e. The third-order valence-corrected chi connectivity index (χ3v) is 7.19. The van der Waals surface area contributed by atoms with Crippen molar-refractivity contribution in [2.45, 2.75) is 38.4 Å². The van der Waals surface area contributed by atoms with Crippen molar-refractivity contribution >= 4 is 38.5 Å². The fraction of sp³-hybridized carbons (Fsp3) is 0.300. The Balaban J connectivity index is 2.37.